The molecule has 1 fully saturated rings. The highest BCUT2D eigenvalue weighted by molar-refractivity contribution is 7.94. The summed E-state index contributed by atoms with van der Waals surface area (Å²) in [5, 5.41) is 10.4. The molecule has 1 saturated heterocycles. The van der Waals surface area contributed by atoms with E-state index in [1.54, 1.807) is 43.9 Å². The SMILES string of the molecule is C=CC(=O)N=S(=O)(CC(C(C)C)N1C(=O)[C@@](C)(CC(=O)O)C[C@H](c2cccc(Cl)c2)[C@H]1c1ccc(Cl)cc1)C(C)C. The molecule has 2 amide bonds. The minimum absolute atomic E-state index is 0.0663. The van der Waals surface area contributed by atoms with Crippen molar-refractivity contribution in [3.8, 4) is 0 Å². The third-order valence-corrected chi connectivity index (χ3v) is 11.1. The van der Waals surface area contributed by atoms with Crippen LogP contribution in [0.1, 0.15) is 70.5 Å². The number of likely N-dealkylation sites (tertiary alicyclic amines) is 1. The Kier molecular flexibility index (Phi) is 10.5. The highest BCUT2D eigenvalue weighted by atomic mass is 35.5. The number of rotatable bonds is 10. The average Bonchev–Trinajstić information content (AvgIpc) is 2.88. The van der Waals surface area contributed by atoms with Gasteiger partial charge in [-0.05, 0) is 53.8 Å². The number of hydrogen-bond donors (Lipinski definition) is 1. The number of carbonyl (C=O) groups excluding carboxylic acids is 2. The number of nitrogens with zero attached hydrogens (tertiary/aromatic N) is 2. The zero-order valence-electron chi connectivity index (χ0n) is 24.1. The molecule has 222 valence electrons. The number of hydrogen-bond acceptors (Lipinski definition) is 4. The molecule has 3 rings (SSSR count). The summed E-state index contributed by atoms with van der Waals surface area (Å²) in [6.07, 6.45) is 0.899. The van der Waals surface area contributed by atoms with Gasteiger partial charge in [-0.15, -0.1) is 0 Å². The molecule has 0 spiro atoms. The molecule has 2 unspecified atom stereocenters. The monoisotopic (exact) mass is 620 g/mol. The summed E-state index contributed by atoms with van der Waals surface area (Å²) in [5.41, 5.74) is 0.387. The maximum Gasteiger partial charge on any atom is 0.304 e. The molecule has 5 atom stereocenters. The van der Waals surface area contributed by atoms with Crippen LogP contribution in [0.3, 0.4) is 0 Å². The van der Waals surface area contributed by atoms with Gasteiger partial charge in [0.2, 0.25) is 5.91 Å². The highest BCUT2D eigenvalue weighted by Gasteiger charge is 2.53. The van der Waals surface area contributed by atoms with E-state index in [9.17, 15) is 23.7 Å². The summed E-state index contributed by atoms with van der Waals surface area (Å²) in [4.78, 5) is 40.6. The van der Waals surface area contributed by atoms with Crippen LogP contribution in [0.25, 0.3) is 0 Å². The Morgan fingerprint density at radius 3 is 2.27 bits per heavy atom. The molecule has 2 aromatic rings. The van der Waals surface area contributed by atoms with Gasteiger partial charge in [0.15, 0.2) is 0 Å². The lowest BCUT2D eigenvalue weighted by Crippen LogP contribution is -2.59. The fourth-order valence-corrected chi connectivity index (χ4v) is 8.02. The molecule has 0 aliphatic carbocycles. The zero-order chi connectivity index (χ0) is 30.7. The first kappa shape index (κ1) is 32.8. The minimum atomic E-state index is -3.14. The molecule has 1 aliphatic rings. The van der Waals surface area contributed by atoms with Gasteiger partial charge in [-0.3, -0.25) is 14.4 Å². The van der Waals surface area contributed by atoms with Crippen LogP contribution in [0.5, 0.6) is 0 Å². The van der Waals surface area contributed by atoms with Crippen LogP contribution in [0, 0.1) is 11.3 Å². The second-order valence-corrected chi connectivity index (χ2v) is 15.3. The van der Waals surface area contributed by atoms with Crippen LogP contribution in [-0.4, -0.2) is 49.0 Å². The molecule has 41 heavy (non-hydrogen) atoms. The maximum atomic E-state index is 14.6. The molecule has 1 aliphatic heterocycles. The summed E-state index contributed by atoms with van der Waals surface area (Å²) in [6.45, 7) is 12.4. The van der Waals surface area contributed by atoms with E-state index in [-0.39, 0.29) is 36.3 Å². The second-order valence-electron chi connectivity index (χ2n) is 11.6. The van der Waals surface area contributed by atoms with Gasteiger partial charge >= 0.3 is 5.97 Å². The Morgan fingerprint density at radius 1 is 1.12 bits per heavy atom. The van der Waals surface area contributed by atoms with E-state index >= 15 is 0 Å². The van der Waals surface area contributed by atoms with Crippen LogP contribution in [-0.2, 0) is 24.1 Å². The van der Waals surface area contributed by atoms with Crippen LogP contribution in [0.15, 0.2) is 65.5 Å². The van der Waals surface area contributed by atoms with Crippen molar-refractivity contribution in [3.63, 3.8) is 0 Å². The number of benzene rings is 2. The Bertz CT molecular complexity index is 1430. The van der Waals surface area contributed by atoms with Crippen molar-refractivity contribution in [1.82, 2.24) is 4.90 Å². The molecule has 1 heterocycles. The van der Waals surface area contributed by atoms with Gasteiger partial charge < -0.3 is 10.0 Å². The summed E-state index contributed by atoms with van der Waals surface area (Å²) in [5.74, 6) is -2.75. The predicted molar refractivity (Wildman–Crippen MR) is 165 cm³/mol. The minimum Gasteiger partial charge on any atom is -0.481 e. The number of carbonyl (C=O) groups is 3. The number of carboxylic acid groups (broad SMARTS) is 1. The quantitative estimate of drug-likeness (QED) is 0.284. The number of carboxylic acids is 1. The van der Waals surface area contributed by atoms with Gasteiger partial charge in [0.05, 0.1) is 33.4 Å². The largest absolute Gasteiger partial charge is 0.481 e. The maximum absolute atomic E-state index is 14.6. The third kappa shape index (κ3) is 7.40. The summed E-state index contributed by atoms with van der Waals surface area (Å²) < 4.78 is 18.3. The topological polar surface area (TPSA) is 104 Å². The molecule has 2 aromatic carbocycles. The van der Waals surface area contributed by atoms with Crippen molar-refractivity contribution in [2.24, 2.45) is 15.7 Å². The van der Waals surface area contributed by atoms with Gasteiger partial charge in [-0.25, -0.2) is 4.21 Å². The van der Waals surface area contributed by atoms with Crippen LogP contribution in [0.4, 0.5) is 0 Å². The van der Waals surface area contributed by atoms with E-state index in [1.165, 1.54) is 0 Å². The van der Waals surface area contributed by atoms with E-state index in [2.05, 4.69) is 10.9 Å². The number of piperidine rings is 1. The Morgan fingerprint density at radius 2 is 1.76 bits per heavy atom. The molecular weight excluding hydrogens is 583 g/mol. The van der Waals surface area contributed by atoms with Crippen LogP contribution >= 0.6 is 23.2 Å². The molecule has 0 aromatic heterocycles. The Balaban J connectivity index is 2.35. The molecule has 0 saturated carbocycles. The predicted octanol–water partition coefficient (Wildman–Crippen LogP) is 7.15. The van der Waals surface area contributed by atoms with Gasteiger partial charge in [0.1, 0.15) is 0 Å². The van der Waals surface area contributed by atoms with Crippen molar-refractivity contribution in [1.29, 1.82) is 0 Å². The van der Waals surface area contributed by atoms with Crippen LogP contribution in [0.2, 0.25) is 10.0 Å². The molecule has 10 heteroatoms. The Labute approximate surface area is 253 Å². The summed E-state index contributed by atoms with van der Waals surface area (Å²) in [7, 11) is -3.14. The number of aliphatic carboxylic acids is 1. The third-order valence-electron chi connectivity index (χ3n) is 7.82. The lowest BCUT2D eigenvalue weighted by Gasteiger charge is -2.53. The van der Waals surface area contributed by atoms with Crippen molar-refractivity contribution in [2.75, 3.05) is 5.75 Å². The molecule has 0 radical (unpaired) electrons. The Hall–Kier alpha value is -2.68. The van der Waals surface area contributed by atoms with E-state index < -0.39 is 44.4 Å². The van der Waals surface area contributed by atoms with Crippen LogP contribution < -0.4 is 0 Å². The first-order valence-corrected chi connectivity index (χ1v) is 16.1. The molecular formula is C31H38Cl2N2O5S. The van der Waals surface area contributed by atoms with Crippen molar-refractivity contribution < 1.29 is 23.7 Å². The smallest absolute Gasteiger partial charge is 0.304 e. The van der Waals surface area contributed by atoms with Crippen molar-refractivity contribution >= 4 is 50.7 Å². The lowest BCUT2D eigenvalue weighted by molar-refractivity contribution is -0.161. The molecule has 0 bridgehead atoms. The first-order valence-electron chi connectivity index (χ1n) is 13.6. The summed E-state index contributed by atoms with van der Waals surface area (Å²) in [6, 6.07) is 13.4. The average molecular weight is 622 g/mol. The van der Waals surface area contributed by atoms with Crippen molar-refractivity contribution in [2.45, 2.75) is 70.7 Å². The molecule has 7 nitrogen and oxygen atoms in total. The number of amides is 2. The van der Waals surface area contributed by atoms with Gasteiger partial charge in [-0.2, -0.15) is 4.36 Å². The van der Waals surface area contributed by atoms with Gasteiger partial charge in [-0.1, -0.05) is 88.7 Å². The molecule has 1 N–H and O–H groups in total. The lowest BCUT2D eigenvalue weighted by atomic mass is 9.66. The van der Waals surface area contributed by atoms with E-state index in [0.717, 1.165) is 17.2 Å². The first-order chi connectivity index (χ1) is 19.1. The second kappa shape index (κ2) is 13.1. The van der Waals surface area contributed by atoms with Gasteiger partial charge in [0, 0.05) is 27.3 Å². The number of halogens is 2. The van der Waals surface area contributed by atoms with Crippen molar-refractivity contribution in [3.05, 3.63) is 82.4 Å². The fraction of sp³-hybridized carbons (Fsp3) is 0.452. The van der Waals surface area contributed by atoms with Gasteiger partial charge in [0.25, 0.3) is 5.91 Å². The highest BCUT2D eigenvalue weighted by Crippen LogP contribution is 2.52. The normalized spacial score (nSPS) is 23.2. The standard InChI is InChI=1S/C31H38Cl2N2O5S/c1-7-27(36)34-41(40,20(4)5)18-26(19(2)3)35-29(21-11-13-23(32)14-12-21)25(22-9-8-10-24(33)15-22)16-31(6,30(35)39)17-28(37)38/h7-15,19-20,25-26,29H,1,16-18H2,2-6H3,(H,37,38)/t25-,26?,29-,31-,41?/m1/s1. The fourth-order valence-electron chi connectivity index (χ4n) is 5.61. The zero-order valence-corrected chi connectivity index (χ0v) is 26.4. The summed E-state index contributed by atoms with van der Waals surface area (Å²) >= 11 is 12.6. The van der Waals surface area contributed by atoms with E-state index in [4.69, 9.17) is 23.2 Å². The van der Waals surface area contributed by atoms with E-state index in [1.807, 2.05) is 44.2 Å². The van der Waals surface area contributed by atoms with E-state index in [0.29, 0.717) is 10.0 Å².